The van der Waals surface area contributed by atoms with E-state index in [-0.39, 0.29) is 0 Å². The molecular formula is C15H29N. The molecule has 2 rings (SSSR count). The molecule has 16 heavy (non-hydrogen) atoms. The van der Waals surface area contributed by atoms with Crippen LogP contribution in [0, 0.1) is 5.41 Å². The molecule has 0 amide bonds. The highest BCUT2D eigenvalue weighted by atomic mass is 14.9. The Morgan fingerprint density at radius 3 is 1.81 bits per heavy atom. The second-order valence-electron chi connectivity index (χ2n) is 6.79. The summed E-state index contributed by atoms with van der Waals surface area (Å²) in [5.74, 6) is 0. The summed E-state index contributed by atoms with van der Waals surface area (Å²) in [5, 5.41) is 3.94. The molecule has 1 nitrogen and oxygen atoms in total. The molecule has 1 N–H and O–H groups in total. The van der Waals surface area contributed by atoms with Crippen molar-refractivity contribution in [3.63, 3.8) is 0 Å². The largest absolute Gasteiger partial charge is 0.311 e. The van der Waals surface area contributed by atoms with Gasteiger partial charge in [-0.05, 0) is 43.9 Å². The molecule has 2 fully saturated rings. The van der Waals surface area contributed by atoms with Crippen molar-refractivity contribution >= 4 is 0 Å². The molecule has 0 aromatic carbocycles. The summed E-state index contributed by atoms with van der Waals surface area (Å²) in [6, 6.07) is 1.67. The predicted molar refractivity (Wildman–Crippen MR) is 70.7 cm³/mol. The minimum Gasteiger partial charge on any atom is -0.311 e. The van der Waals surface area contributed by atoms with Crippen molar-refractivity contribution < 1.29 is 0 Å². The predicted octanol–water partition coefficient (Wildman–Crippen LogP) is 4.27. The van der Waals surface area contributed by atoms with Crippen LogP contribution in [0.3, 0.4) is 0 Å². The van der Waals surface area contributed by atoms with Crippen LogP contribution in [0.4, 0.5) is 0 Å². The van der Waals surface area contributed by atoms with Crippen molar-refractivity contribution in [2.75, 3.05) is 0 Å². The average molecular weight is 223 g/mol. The lowest BCUT2D eigenvalue weighted by molar-refractivity contribution is 0.195. The van der Waals surface area contributed by atoms with Crippen molar-refractivity contribution in [3.05, 3.63) is 0 Å². The Bertz CT molecular complexity index is 191. The number of hydrogen-bond acceptors (Lipinski definition) is 1. The molecule has 0 atom stereocenters. The SMILES string of the molecule is CC1(C)CCC(NC2CCCCCC2)CC1. The van der Waals surface area contributed by atoms with Crippen molar-refractivity contribution in [1.29, 1.82) is 0 Å². The van der Waals surface area contributed by atoms with Crippen LogP contribution in [-0.4, -0.2) is 12.1 Å². The molecule has 0 saturated heterocycles. The third-order valence-electron chi connectivity index (χ3n) is 4.67. The van der Waals surface area contributed by atoms with E-state index in [9.17, 15) is 0 Å². The molecule has 0 aliphatic heterocycles. The van der Waals surface area contributed by atoms with E-state index in [1.165, 1.54) is 64.2 Å². The minimum atomic E-state index is 0.613. The zero-order valence-corrected chi connectivity index (χ0v) is 11.2. The van der Waals surface area contributed by atoms with Crippen LogP contribution in [0.2, 0.25) is 0 Å². The molecule has 0 aromatic heterocycles. The van der Waals surface area contributed by atoms with Crippen LogP contribution in [0.25, 0.3) is 0 Å². The second-order valence-corrected chi connectivity index (χ2v) is 6.79. The molecule has 0 bridgehead atoms. The molecule has 0 radical (unpaired) electrons. The van der Waals surface area contributed by atoms with Crippen LogP contribution in [0.1, 0.15) is 78.1 Å². The summed E-state index contributed by atoms with van der Waals surface area (Å²) in [5.41, 5.74) is 0.613. The Morgan fingerprint density at radius 1 is 0.750 bits per heavy atom. The van der Waals surface area contributed by atoms with Gasteiger partial charge in [0.05, 0.1) is 0 Å². The summed E-state index contributed by atoms with van der Waals surface area (Å²) in [6.45, 7) is 4.85. The van der Waals surface area contributed by atoms with Gasteiger partial charge in [-0.2, -0.15) is 0 Å². The number of hydrogen-bond donors (Lipinski definition) is 1. The van der Waals surface area contributed by atoms with Gasteiger partial charge in [0.1, 0.15) is 0 Å². The molecule has 94 valence electrons. The highest BCUT2D eigenvalue weighted by Gasteiger charge is 2.27. The zero-order chi connectivity index (χ0) is 11.4. The topological polar surface area (TPSA) is 12.0 Å². The first-order valence-electron chi connectivity index (χ1n) is 7.42. The lowest BCUT2D eigenvalue weighted by Crippen LogP contribution is -2.41. The van der Waals surface area contributed by atoms with E-state index in [2.05, 4.69) is 19.2 Å². The maximum Gasteiger partial charge on any atom is 0.00700 e. The van der Waals surface area contributed by atoms with Gasteiger partial charge in [0.15, 0.2) is 0 Å². The monoisotopic (exact) mass is 223 g/mol. The van der Waals surface area contributed by atoms with Crippen LogP contribution >= 0.6 is 0 Å². The zero-order valence-electron chi connectivity index (χ0n) is 11.2. The molecule has 2 aliphatic carbocycles. The van der Waals surface area contributed by atoms with Crippen LogP contribution in [0.5, 0.6) is 0 Å². The van der Waals surface area contributed by atoms with E-state index in [1.807, 2.05) is 0 Å². The Balaban J connectivity index is 1.73. The summed E-state index contributed by atoms with van der Waals surface area (Å²) in [4.78, 5) is 0. The molecule has 2 aliphatic rings. The maximum absolute atomic E-state index is 3.94. The molecule has 0 aromatic rings. The summed E-state index contributed by atoms with van der Waals surface area (Å²) < 4.78 is 0. The van der Waals surface area contributed by atoms with Crippen LogP contribution < -0.4 is 5.32 Å². The number of rotatable bonds is 2. The lowest BCUT2D eigenvalue weighted by atomic mass is 9.75. The quantitative estimate of drug-likeness (QED) is 0.689. The van der Waals surface area contributed by atoms with Gasteiger partial charge in [-0.1, -0.05) is 39.5 Å². The van der Waals surface area contributed by atoms with E-state index in [0.29, 0.717) is 5.41 Å². The fraction of sp³-hybridized carbons (Fsp3) is 1.00. The average Bonchev–Trinajstić information content (AvgIpc) is 2.50. The smallest absolute Gasteiger partial charge is 0.00700 e. The summed E-state index contributed by atoms with van der Waals surface area (Å²) in [7, 11) is 0. The molecular weight excluding hydrogens is 194 g/mol. The highest BCUT2D eigenvalue weighted by molar-refractivity contribution is 4.84. The van der Waals surface area contributed by atoms with Gasteiger partial charge in [-0.15, -0.1) is 0 Å². The van der Waals surface area contributed by atoms with Gasteiger partial charge in [-0.25, -0.2) is 0 Å². The lowest BCUT2D eigenvalue weighted by Gasteiger charge is -2.36. The van der Waals surface area contributed by atoms with Gasteiger partial charge >= 0.3 is 0 Å². The van der Waals surface area contributed by atoms with E-state index >= 15 is 0 Å². The standard InChI is InChI=1S/C15H29N/c1-15(2)11-9-14(10-12-15)16-13-7-5-3-4-6-8-13/h13-14,16H,3-12H2,1-2H3. The van der Waals surface area contributed by atoms with Crippen molar-refractivity contribution in [1.82, 2.24) is 5.32 Å². The third kappa shape index (κ3) is 3.76. The molecule has 2 saturated carbocycles. The van der Waals surface area contributed by atoms with Crippen LogP contribution in [-0.2, 0) is 0 Å². The fourth-order valence-electron chi connectivity index (χ4n) is 3.35. The molecule has 0 heterocycles. The van der Waals surface area contributed by atoms with Crippen molar-refractivity contribution in [2.45, 2.75) is 90.1 Å². The molecule has 0 unspecified atom stereocenters. The van der Waals surface area contributed by atoms with E-state index in [4.69, 9.17) is 0 Å². The van der Waals surface area contributed by atoms with Gasteiger partial charge in [0.25, 0.3) is 0 Å². The van der Waals surface area contributed by atoms with Crippen molar-refractivity contribution in [3.8, 4) is 0 Å². The third-order valence-corrected chi connectivity index (χ3v) is 4.67. The number of nitrogens with one attached hydrogen (secondary N) is 1. The molecule has 1 heteroatoms. The van der Waals surface area contributed by atoms with Gasteiger partial charge in [-0.3, -0.25) is 0 Å². The van der Waals surface area contributed by atoms with Crippen LogP contribution in [0.15, 0.2) is 0 Å². The summed E-state index contributed by atoms with van der Waals surface area (Å²) in [6.07, 6.45) is 14.3. The second kappa shape index (κ2) is 5.53. The van der Waals surface area contributed by atoms with Gasteiger partial charge in [0.2, 0.25) is 0 Å². The van der Waals surface area contributed by atoms with Crippen molar-refractivity contribution in [2.24, 2.45) is 5.41 Å². The first-order chi connectivity index (χ1) is 7.66. The first kappa shape index (κ1) is 12.4. The van der Waals surface area contributed by atoms with Gasteiger partial charge in [0, 0.05) is 12.1 Å². The summed E-state index contributed by atoms with van der Waals surface area (Å²) >= 11 is 0. The van der Waals surface area contributed by atoms with E-state index in [1.54, 1.807) is 0 Å². The van der Waals surface area contributed by atoms with E-state index < -0.39 is 0 Å². The fourth-order valence-corrected chi connectivity index (χ4v) is 3.35. The Kier molecular flexibility index (Phi) is 4.29. The Hall–Kier alpha value is -0.0400. The Labute approximate surface area is 101 Å². The van der Waals surface area contributed by atoms with E-state index in [0.717, 1.165) is 12.1 Å². The Morgan fingerprint density at radius 2 is 1.25 bits per heavy atom. The first-order valence-corrected chi connectivity index (χ1v) is 7.42. The maximum atomic E-state index is 3.94. The van der Waals surface area contributed by atoms with Gasteiger partial charge < -0.3 is 5.32 Å². The molecule has 0 spiro atoms. The minimum absolute atomic E-state index is 0.613. The normalized spacial score (nSPS) is 28.9. The highest BCUT2D eigenvalue weighted by Crippen LogP contribution is 2.35.